The minimum absolute atomic E-state index is 0.142. The molecule has 3 aliphatic carbocycles. The van der Waals surface area contributed by atoms with E-state index in [1.165, 1.54) is 48.8 Å². The monoisotopic (exact) mass is 424 g/mol. The molecule has 0 spiro atoms. The molecule has 0 bridgehead atoms. The third kappa shape index (κ3) is 4.53. The van der Waals surface area contributed by atoms with Gasteiger partial charge in [0.2, 0.25) is 0 Å². The van der Waals surface area contributed by atoms with Crippen LogP contribution in [0.15, 0.2) is 35.5 Å². The van der Waals surface area contributed by atoms with Crippen LogP contribution in [0, 0.1) is 34.0 Å². The van der Waals surface area contributed by atoms with E-state index in [9.17, 15) is 4.79 Å². The van der Waals surface area contributed by atoms with Gasteiger partial charge >= 0.3 is 0 Å². The molecule has 1 nitrogen and oxygen atoms in total. The van der Waals surface area contributed by atoms with Crippen LogP contribution in [0.4, 0.5) is 0 Å². The summed E-state index contributed by atoms with van der Waals surface area (Å²) in [5.41, 5.74) is 4.98. The second kappa shape index (κ2) is 9.03. The second-order valence-corrected chi connectivity index (χ2v) is 12.5. The number of Topliss-reactive ketones (excluding diaryl/α,β-unsaturated/α-hetero) is 1. The summed E-state index contributed by atoms with van der Waals surface area (Å²) < 4.78 is 0. The highest BCUT2D eigenvalue weighted by Gasteiger charge is 2.63. The fraction of sp³-hybridized carbons (Fsp3) is 0.767. The van der Waals surface area contributed by atoms with Crippen LogP contribution in [0.3, 0.4) is 0 Å². The fourth-order valence-corrected chi connectivity index (χ4v) is 8.17. The predicted molar refractivity (Wildman–Crippen MR) is 134 cm³/mol. The molecule has 3 aliphatic rings. The topological polar surface area (TPSA) is 17.1 Å². The Hall–Kier alpha value is -1.11. The Bertz CT molecular complexity index is 761. The highest BCUT2D eigenvalue weighted by molar-refractivity contribution is 5.85. The zero-order valence-electron chi connectivity index (χ0n) is 21.6. The molecule has 0 heterocycles. The summed E-state index contributed by atoms with van der Waals surface area (Å²) in [4.78, 5) is 12.7. The number of hydrogen-bond donors (Lipinski definition) is 0. The predicted octanol–water partition coefficient (Wildman–Crippen LogP) is 8.85. The molecule has 0 N–H and O–H groups in total. The molecule has 174 valence electrons. The third-order valence-electron chi connectivity index (χ3n) is 9.92. The van der Waals surface area contributed by atoms with Crippen LogP contribution in [0.1, 0.15) is 113 Å². The lowest BCUT2D eigenvalue weighted by Gasteiger charge is -2.61. The van der Waals surface area contributed by atoms with Crippen molar-refractivity contribution in [3.63, 3.8) is 0 Å². The molecule has 0 amide bonds. The molecule has 3 unspecified atom stereocenters. The SMILES string of the molecule is C=C(CC/C=C(\C)CCC=C(C)C)C1CCC2[C@@]1(C)CCC1C(C)(C)C(=O)CC[C@@]12C. The Kier molecular flexibility index (Phi) is 7.14. The van der Waals surface area contributed by atoms with E-state index >= 15 is 0 Å². The lowest BCUT2D eigenvalue weighted by Crippen LogP contribution is -2.57. The van der Waals surface area contributed by atoms with Crippen molar-refractivity contribution >= 4 is 5.78 Å². The highest BCUT2D eigenvalue weighted by atomic mass is 16.1. The molecule has 3 fully saturated rings. The lowest BCUT2D eigenvalue weighted by molar-refractivity contribution is -0.157. The van der Waals surface area contributed by atoms with Gasteiger partial charge in [0.15, 0.2) is 0 Å². The summed E-state index contributed by atoms with van der Waals surface area (Å²) in [6.07, 6.45) is 16.4. The van der Waals surface area contributed by atoms with Crippen molar-refractivity contribution < 1.29 is 4.79 Å². The number of ketones is 1. The van der Waals surface area contributed by atoms with Gasteiger partial charge in [-0.05, 0) is 107 Å². The molecule has 31 heavy (non-hydrogen) atoms. The van der Waals surface area contributed by atoms with E-state index in [-0.39, 0.29) is 5.41 Å². The lowest BCUT2D eigenvalue weighted by atomic mass is 9.43. The molecular weight excluding hydrogens is 376 g/mol. The number of fused-ring (bicyclic) bond motifs is 3. The fourth-order valence-electron chi connectivity index (χ4n) is 8.17. The van der Waals surface area contributed by atoms with Gasteiger partial charge in [0.25, 0.3) is 0 Å². The van der Waals surface area contributed by atoms with Crippen molar-refractivity contribution in [2.24, 2.45) is 34.0 Å². The standard InChI is InChI=1S/C30H48O/c1-21(2)11-9-12-22(3)13-10-14-23(4)24-15-16-26-29(24,7)19-17-25-28(5,6)27(31)18-20-30(25,26)8/h11,13,24-26H,4,9-10,12,14-20H2,1-3,5-8H3/b22-13+/t24?,25?,26?,29-,30-/m0/s1. The number of carbonyl (C=O) groups is 1. The van der Waals surface area contributed by atoms with E-state index in [2.05, 4.69) is 67.2 Å². The van der Waals surface area contributed by atoms with Crippen LogP contribution in [-0.4, -0.2) is 5.78 Å². The maximum Gasteiger partial charge on any atom is 0.138 e. The average molecular weight is 425 g/mol. The summed E-state index contributed by atoms with van der Waals surface area (Å²) in [6, 6.07) is 0. The minimum atomic E-state index is -0.142. The van der Waals surface area contributed by atoms with Gasteiger partial charge in [-0.15, -0.1) is 0 Å². The molecule has 0 aromatic heterocycles. The van der Waals surface area contributed by atoms with Crippen LogP contribution < -0.4 is 0 Å². The Morgan fingerprint density at radius 1 is 0.903 bits per heavy atom. The van der Waals surface area contributed by atoms with Crippen molar-refractivity contribution in [3.8, 4) is 0 Å². The van der Waals surface area contributed by atoms with Crippen molar-refractivity contribution in [1.29, 1.82) is 0 Å². The van der Waals surface area contributed by atoms with E-state index in [1.807, 2.05) is 0 Å². The highest BCUT2D eigenvalue weighted by Crippen LogP contribution is 2.70. The molecule has 3 rings (SSSR count). The van der Waals surface area contributed by atoms with Crippen molar-refractivity contribution in [3.05, 3.63) is 35.5 Å². The molecule has 0 aliphatic heterocycles. The van der Waals surface area contributed by atoms with Crippen LogP contribution in [-0.2, 0) is 4.79 Å². The summed E-state index contributed by atoms with van der Waals surface area (Å²) in [6.45, 7) is 20.9. The quantitative estimate of drug-likeness (QED) is 0.373. The average Bonchev–Trinajstić information content (AvgIpc) is 3.03. The summed E-state index contributed by atoms with van der Waals surface area (Å²) in [7, 11) is 0. The van der Waals surface area contributed by atoms with Gasteiger partial charge in [-0.25, -0.2) is 0 Å². The molecule has 1 heteroatoms. The van der Waals surface area contributed by atoms with Gasteiger partial charge in [-0.3, -0.25) is 4.79 Å². The Morgan fingerprint density at radius 3 is 2.26 bits per heavy atom. The van der Waals surface area contributed by atoms with E-state index in [0.717, 1.165) is 38.0 Å². The molecular formula is C30H48O. The van der Waals surface area contributed by atoms with Crippen LogP contribution in [0.2, 0.25) is 0 Å². The smallest absolute Gasteiger partial charge is 0.138 e. The van der Waals surface area contributed by atoms with Gasteiger partial charge in [-0.2, -0.15) is 0 Å². The van der Waals surface area contributed by atoms with Gasteiger partial charge in [0.1, 0.15) is 5.78 Å². The molecule has 0 saturated heterocycles. The number of hydrogen-bond acceptors (Lipinski definition) is 1. The van der Waals surface area contributed by atoms with Gasteiger partial charge in [0, 0.05) is 11.8 Å². The minimum Gasteiger partial charge on any atom is -0.299 e. The van der Waals surface area contributed by atoms with Crippen LogP contribution >= 0.6 is 0 Å². The van der Waals surface area contributed by atoms with Gasteiger partial charge in [-0.1, -0.05) is 63.1 Å². The van der Waals surface area contributed by atoms with Crippen LogP contribution in [0.5, 0.6) is 0 Å². The third-order valence-corrected chi connectivity index (χ3v) is 9.92. The van der Waals surface area contributed by atoms with Crippen molar-refractivity contribution in [1.82, 2.24) is 0 Å². The van der Waals surface area contributed by atoms with Gasteiger partial charge < -0.3 is 0 Å². The molecule has 0 aromatic rings. The van der Waals surface area contributed by atoms with E-state index < -0.39 is 0 Å². The van der Waals surface area contributed by atoms with E-state index in [4.69, 9.17) is 0 Å². The normalized spacial score (nSPS) is 37.2. The number of allylic oxidation sites excluding steroid dienone is 5. The first-order chi connectivity index (χ1) is 14.4. The first kappa shape index (κ1) is 24.5. The molecule has 5 atom stereocenters. The summed E-state index contributed by atoms with van der Waals surface area (Å²) in [5.74, 6) is 2.46. The first-order valence-electron chi connectivity index (χ1n) is 12.9. The van der Waals surface area contributed by atoms with E-state index in [1.54, 1.807) is 0 Å². The molecule has 0 aromatic carbocycles. The summed E-state index contributed by atoms with van der Waals surface area (Å²) in [5, 5.41) is 0. The zero-order chi connectivity index (χ0) is 23.0. The largest absolute Gasteiger partial charge is 0.299 e. The van der Waals surface area contributed by atoms with Crippen molar-refractivity contribution in [2.45, 2.75) is 113 Å². The number of rotatable bonds is 7. The zero-order valence-corrected chi connectivity index (χ0v) is 21.6. The maximum absolute atomic E-state index is 12.7. The number of carbonyl (C=O) groups excluding carboxylic acids is 1. The molecule has 3 saturated carbocycles. The Morgan fingerprint density at radius 2 is 1.58 bits per heavy atom. The second-order valence-electron chi connectivity index (χ2n) is 12.5. The Labute approximate surface area is 192 Å². The Balaban J connectivity index is 1.65. The maximum atomic E-state index is 12.7. The van der Waals surface area contributed by atoms with Gasteiger partial charge in [0.05, 0.1) is 0 Å². The van der Waals surface area contributed by atoms with Crippen LogP contribution in [0.25, 0.3) is 0 Å². The molecule has 0 radical (unpaired) electrons. The summed E-state index contributed by atoms with van der Waals surface area (Å²) >= 11 is 0. The van der Waals surface area contributed by atoms with E-state index in [0.29, 0.717) is 28.4 Å². The first-order valence-corrected chi connectivity index (χ1v) is 12.9. The van der Waals surface area contributed by atoms with Crippen molar-refractivity contribution in [2.75, 3.05) is 0 Å².